The number of nitrogens with two attached hydrogens (primary N) is 1. The second-order valence-corrected chi connectivity index (χ2v) is 6.43. The van der Waals surface area contributed by atoms with Gasteiger partial charge in [0.15, 0.2) is 0 Å². The van der Waals surface area contributed by atoms with Crippen molar-refractivity contribution in [3.05, 3.63) is 0 Å². The topological polar surface area (TPSA) is 46.3 Å². The predicted octanol–water partition coefficient (Wildman–Crippen LogP) is 2.01. The van der Waals surface area contributed by atoms with E-state index in [0.717, 1.165) is 50.6 Å². The van der Waals surface area contributed by atoms with Crippen LogP contribution in [0.3, 0.4) is 0 Å². The molecule has 1 aliphatic carbocycles. The summed E-state index contributed by atoms with van der Waals surface area (Å²) in [5, 5.41) is 0. The number of amides is 1. The average molecular weight is 238 g/mol. The van der Waals surface area contributed by atoms with Gasteiger partial charge in [0.2, 0.25) is 5.91 Å². The van der Waals surface area contributed by atoms with E-state index in [2.05, 4.69) is 13.8 Å². The van der Waals surface area contributed by atoms with Crippen LogP contribution in [0.4, 0.5) is 0 Å². The van der Waals surface area contributed by atoms with E-state index in [-0.39, 0.29) is 5.91 Å². The smallest absolute Gasteiger partial charge is 0.242 e. The van der Waals surface area contributed by atoms with Crippen molar-refractivity contribution < 1.29 is 4.79 Å². The Morgan fingerprint density at radius 1 is 1.24 bits per heavy atom. The lowest BCUT2D eigenvalue weighted by Gasteiger charge is -2.38. The Morgan fingerprint density at radius 3 is 2.18 bits per heavy atom. The van der Waals surface area contributed by atoms with Crippen molar-refractivity contribution in [3.8, 4) is 0 Å². The number of nitrogens with zero attached hydrogens (tertiary/aromatic N) is 1. The van der Waals surface area contributed by atoms with Gasteiger partial charge in [-0.05, 0) is 50.4 Å². The molecule has 2 aliphatic rings. The molecule has 0 radical (unpaired) electrons. The third kappa shape index (κ3) is 2.65. The third-order valence-electron chi connectivity index (χ3n) is 4.66. The molecule has 0 bridgehead atoms. The van der Waals surface area contributed by atoms with Gasteiger partial charge in [-0.25, -0.2) is 0 Å². The van der Waals surface area contributed by atoms with Crippen LogP contribution in [-0.4, -0.2) is 29.4 Å². The third-order valence-corrected chi connectivity index (χ3v) is 4.66. The molecule has 17 heavy (non-hydrogen) atoms. The van der Waals surface area contributed by atoms with Crippen LogP contribution < -0.4 is 5.73 Å². The maximum absolute atomic E-state index is 12.4. The summed E-state index contributed by atoms with van der Waals surface area (Å²) in [4.78, 5) is 14.4. The van der Waals surface area contributed by atoms with Crippen LogP contribution in [0, 0.1) is 17.8 Å². The van der Waals surface area contributed by atoms with Gasteiger partial charge in [-0.15, -0.1) is 0 Å². The van der Waals surface area contributed by atoms with Gasteiger partial charge < -0.3 is 10.6 Å². The molecule has 3 nitrogen and oxygen atoms in total. The minimum atomic E-state index is -0.606. The van der Waals surface area contributed by atoms with E-state index in [1.165, 1.54) is 0 Å². The zero-order valence-corrected chi connectivity index (χ0v) is 11.4. The largest absolute Gasteiger partial charge is 0.341 e. The summed E-state index contributed by atoms with van der Waals surface area (Å²) in [5.41, 5.74) is 5.59. The SMILES string of the molecule is CC(C)C1CCN(C(=O)C(C)(N)C2CC2)CC1. The quantitative estimate of drug-likeness (QED) is 0.817. The van der Waals surface area contributed by atoms with Gasteiger partial charge >= 0.3 is 0 Å². The van der Waals surface area contributed by atoms with E-state index in [4.69, 9.17) is 5.73 Å². The first-order valence-electron chi connectivity index (χ1n) is 7.01. The van der Waals surface area contributed by atoms with Crippen LogP contribution in [0.2, 0.25) is 0 Å². The van der Waals surface area contributed by atoms with E-state index in [0.29, 0.717) is 5.92 Å². The summed E-state index contributed by atoms with van der Waals surface area (Å²) in [7, 11) is 0. The molecule has 0 aromatic heterocycles. The molecule has 0 spiro atoms. The predicted molar refractivity (Wildman–Crippen MR) is 69.5 cm³/mol. The van der Waals surface area contributed by atoms with Gasteiger partial charge in [0.1, 0.15) is 0 Å². The molecule has 1 saturated carbocycles. The molecule has 2 rings (SSSR count). The van der Waals surface area contributed by atoms with Crippen molar-refractivity contribution >= 4 is 5.91 Å². The van der Waals surface area contributed by atoms with Gasteiger partial charge in [0.05, 0.1) is 5.54 Å². The fraction of sp³-hybridized carbons (Fsp3) is 0.929. The summed E-state index contributed by atoms with van der Waals surface area (Å²) in [5.74, 6) is 2.13. The lowest BCUT2D eigenvalue weighted by molar-refractivity contribution is -0.138. The van der Waals surface area contributed by atoms with E-state index in [9.17, 15) is 4.79 Å². The number of likely N-dealkylation sites (tertiary alicyclic amines) is 1. The summed E-state index contributed by atoms with van der Waals surface area (Å²) in [6.07, 6.45) is 4.54. The minimum Gasteiger partial charge on any atom is -0.341 e. The monoisotopic (exact) mass is 238 g/mol. The van der Waals surface area contributed by atoms with Crippen molar-refractivity contribution in [1.29, 1.82) is 0 Å². The van der Waals surface area contributed by atoms with Crippen molar-refractivity contribution in [2.75, 3.05) is 13.1 Å². The maximum Gasteiger partial charge on any atom is 0.242 e. The molecule has 2 N–H and O–H groups in total. The molecule has 1 aliphatic heterocycles. The number of hydrogen-bond acceptors (Lipinski definition) is 2. The molecule has 1 heterocycles. The highest BCUT2D eigenvalue weighted by molar-refractivity contribution is 5.86. The Labute approximate surface area is 105 Å². The highest BCUT2D eigenvalue weighted by Gasteiger charge is 2.46. The summed E-state index contributed by atoms with van der Waals surface area (Å²) in [6.45, 7) is 8.28. The molecular formula is C14H26N2O. The number of rotatable bonds is 3. The van der Waals surface area contributed by atoms with Crippen molar-refractivity contribution in [2.45, 2.75) is 52.0 Å². The lowest BCUT2D eigenvalue weighted by atomic mass is 9.85. The fourth-order valence-electron chi connectivity index (χ4n) is 2.97. The Kier molecular flexibility index (Phi) is 3.48. The Morgan fingerprint density at radius 2 is 1.76 bits per heavy atom. The normalized spacial score (nSPS) is 26.1. The molecule has 98 valence electrons. The first kappa shape index (κ1) is 12.9. The van der Waals surface area contributed by atoms with Crippen molar-refractivity contribution in [3.63, 3.8) is 0 Å². The van der Waals surface area contributed by atoms with E-state index in [1.807, 2.05) is 11.8 Å². The van der Waals surface area contributed by atoms with E-state index >= 15 is 0 Å². The van der Waals surface area contributed by atoms with Crippen LogP contribution in [0.5, 0.6) is 0 Å². The van der Waals surface area contributed by atoms with Gasteiger partial charge in [-0.3, -0.25) is 4.79 Å². The summed E-state index contributed by atoms with van der Waals surface area (Å²) >= 11 is 0. The van der Waals surface area contributed by atoms with E-state index < -0.39 is 5.54 Å². The molecule has 2 fully saturated rings. The summed E-state index contributed by atoms with van der Waals surface area (Å²) in [6, 6.07) is 0. The fourth-order valence-corrected chi connectivity index (χ4v) is 2.97. The van der Waals surface area contributed by atoms with Gasteiger partial charge in [-0.1, -0.05) is 13.8 Å². The number of piperidine rings is 1. The van der Waals surface area contributed by atoms with Gasteiger partial charge in [0, 0.05) is 13.1 Å². The molecule has 1 atom stereocenters. The van der Waals surface area contributed by atoms with Crippen LogP contribution in [0.1, 0.15) is 46.5 Å². The second kappa shape index (κ2) is 4.60. The highest BCUT2D eigenvalue weighted by Crippen LogP contribution is 2.39. The maximum atomic E-state index is 12.4. The molecule has 1 amide bonds. The lowest BCUT2D eigenvalue weighted by Crippen LogP contribution is -2.56. The molecule has 3 heteroatoms. The zero-order chi connectivity index (χ0) is 12.6. The Hall–Kier alpha value is -0.570. The molecule has 0 aromatic rings. The molecule has 0 aromatic carbocycles. The number of carbonyl (C=O) groups is 1. The Balaban J connectivity index is 1.90. The van der Waals surface area contributed by atoms with E-state index in [1.54, 1.807) is 0 Å². The molecular weight excluding hydrogens is 212 g/mol. The zero-order valence-electron chi connectivity index (χ0n) is 11.4. The number of carbonyl (C=O) groups excluding carboxylic acids is 1. The Bertz CT molecular complexity index is 287. The van der Waals surface area contributed by atoms with Crippen molar-refractivity contribution in [1.82, 2.24) is 4.90 Å². The summed E-state index contributed by atoms with van der Waals surface area (Å²) < 4.78 is 0. The molecule has 1 unspecified atom stereocenters. The minimum absolute atomic E-state index is 0.183. The van der Waals surface area contributed by atoms with Crippen molar-refractivity contribution in [2.24, 2.45) is 23.5 Å². The van der Waals surface area contributed by atoms with Crippen LogP contribution in [0.15, 0.2) is 0 Å². The highest BCUT2D eigenvalue weighted by atomic mass is 16.2. The van der Waals surface area contributed by atoms with Crippen LogP contribution in [0.25, 0.3) is 0 Å². The first-order chi connectivity index (χ1) is 7.93. The molecule has 1 saturated heterocycles. The number of hydrogen-bond donors (Lipinski definition) is 1. The average Bonchev–Trinajstić information content (AvgIpc) is 3.12. The second-order valence-electron chi connectivity index (χ2n) is 6.43. The standard InChI is InChI=1S/C14H26N2O/c1-10(2)11-6-8-16(9-7-11)13(17)14(3,15)12-4-5-12/h10-12H,4-9,15H2,1-3H3. The van der Waals surface area contributed by atoms with Crippen LogP contribution >= 0.6 is 0 Å². The van der Waals surface area contributed by atoms with Gasteiger partial charge in [0.25, 0.3) is 0 Å². The first-order valence-corrected chi connectivity index (χ1v) is 7.01. The van der Waals surface area contributed by atoms with Crippen LogP contribution in [-0.2, 0) is 4.79 Å². The van der Waals surface area contributed by atoms with Gasteiger partial charge in [-0.2, -0.15) is 0 Å².